The zero-order chi connectivity index (χ0) is 15.0. The van der Waals surface area contributed by atoms with Gasteiger partial charge in [0.05, 0.1) is 27.8 Å². The zero-order valence-electron chi connectivity index (χ0n) is 10.5. The molecular formula is C14H8Cl2N4O. The summed E-state index contributed by atoms with van der Waals surface area (Å²) in [7, 11) is 0. The van der Waals surface area contributed by atoms with E-state index in [9.17, 15) is 10.1 Å². The van der Waals surface area contributed by atoms with Crippen LogP contribution in [0.25, 0.3) is 11.0 Å². The predicted molar refractivity (Wildman–Crippen MR) is 79.6 cm³/mol. The maximum atomic E-state index is 12.4. The van der Waals surface area contributed by atoms with Gasteiger partial charge in [-0.3, -0.25) is 4.79 Å². The van der Waals surface area contributed by atoms with Gasteiger partial charge in [0, 0.05) is 0 Å². The van der Waals surface area contributed by atoms with Gasteiger partial charge in [-0.15, -0.1) is 0 Å². The molecule has 0 aliphatic heterocycles. The first-order valence-corrected chi connectivity index (χ1v) is 6.78. The van der Waals surface area contributed by atoms with Gasteiger partial charge in [-0.05, 0) is 18.2 Å². The molecule has 3 aromatic rings. The molecule has 0 amide bonds. The van der Waals surface area contributed by atoms with Crippen LogP contribution in [-0.2, 0) is 0 Å². The molecule has 1 atom stereocenters. The van der Waals surface area contributed by atoms with Crippen LogP contribution in [0.1, 0.15) is 22.2 Å². The number of benzene rings is 1. The number of para-hydroxylation sites is 2. The lowest BCUT2D eigenvalue weighted by molar-refractivity contribution is 0.0972. The summed E-state index contributed by atoms with van der Waals surface area (Å²) >= 11 is 11.6. The maximum Gasteiger partial charge on any atom is 0.203 e. The number of Topliss-reactive ketones (excluding diaryl/α,β-unsaturated/α-hetero) is 1. The quantitative estimate of drug-likeness (QED) is 0.722. The van der Waals surface area contributed by atoms with Crippen molar-refractivity contribution in [3.63, 3.8) is 0 Å². The summed E-state index contributed by atoms with van der Waals surface area (Å²) in [6, 6.07) is 10.7. The number of aromatic nitrogens is 3. The van der Waals surface area contributed by atoms with Crippen LogP contribution in [0.5, 0.6) is 0 Å². The lowest BCUT2D eigenvalue weighted by atomic mass is 10.0. The van der Waals surface area contributed by atoms with Crippen molar-refractivity contribution in [3.05, 3.63) is 52.0 Å². The van der Waals surface area contributed by atoms with Crippen LogP contribution >= 0.6 is 23.2 Å². The van der Waals surface area contributed by atoms with Crippen molar-refractivity contribution in [2.45, 2.75) is 5.92 Å². The van der Waals surface area contributed by atoms with Gasteiger partial charge in [0.2, 0.25) is 5.78 Å². The Balaban J connectivity index is 2.01. The van der Waals surface area contributed by atoms with Gasteiger partial charge in [-0.2, -0.15) is 5.26 Å². The molecule has 0 aliphatic carbocycles. The fourth-order valence-corrected chi connectivity index (χ4v) is 2.36. The van der Waals surface area contributed by atoms with Crippen molar-refractivity contribution in [2.75, 3.05) is 0 Å². The van der Waals surface area contributed by atoms with Crippen molar-refractivity contribution in [1.82, 2.24) is 15.0 Å². The molecule has 7 heteroatoms. The average Bonchev–Trinajstić information content (AvgIpc) is 3.03. The number of nitrogens with one attached hydrogen (secondary N) is 2. The van der Waals surface area contributed by atoms with Crippen LogP contribution in [0.4, 0.5) is 0 Å². The van der Waals surface area contributed by atoms with Crippen molar-refractivity contribution in [1.29, 1.82) is 5.26 Å². The van der Waals surface area contributed by atoms with Gasteiger partial charge in [0.1, 0.15) is 11.0 Å². The second-order valence-corrected chi connectivity index (χ2v) is 5.20. The lowest BCUT2D eigenvalue weighted by Crippen LogP contribution is -2.13. The average molecular weight is 319 g/mol. The van der Waals surface area contributed by atoms with Gasteiger partial charge in [-0.25, -0.2) is 4.98 Å². The molecule has 0 bridgehead atoms. The van der Waals surface area contributed by atoms with E-state index < -0.39 is 11.7 Å². The van der Waals surface area contributed by atoms with Crippen molar-refractivity contribution in [2.24, 2.45) is 0 Å². The number of aromatic amines is 2. The smallest absolute Gasteiger partial charge is 0.203 e. The van der Waals surface area contributed by atoms with Crippen LogP contribution < -0.4 is 0 Å². The first-order chi connectivity index (χ1) is 10.1. The molecular weight excluding hydrogens is 311 g/mol. The standard InChI is InChI=1S/C14H8Cl2N4O/c15-8-5-11(18-13(8)16)12(21)7(6-17)14-19-9-3-1-2-4-10(9)20-14/h1-5,7,18H,(H,19,20). The SMILES string of the molecule is N#CC(C(=O)c1cc(Cl)c(Cl)[nH]1)c1nc2ccccc2[nH]1. The molecule has 1 aromatic carbocycles. The highest BCUT2D eigenvalue weighted by Gasteiger charge is 2.26. The second-order valence-electron chi connectivity index (χ2n) is 4.41. The van der Waals surface area contributed by atoms with Crippen LogP contribution in [0.2, 0.25) is 10.2 Å². The van der Waals surface area contributed by atoms with E-state index >= 15 is 0 Å². The number of fused-ring (bicyclic) bond motifs is 1. The zero-order valence-corrected chi connectivity index (χ0v) is 12.0. The molecule has 3 rings (SSSR count). The molecule has 5 nitrogen and oxygen atoms in total. The lowest BCUT2D eigenvalue weighted by Gasteiger charge is -2.02. The van der Waals surface area contributed by atoms with Gasteiger partial charge in [0.25, 0.3) is 0 Å². The third kappa shape index (κ3) is 2.40. The summed E-state index contributed by atoms with van der Waals surface area (Å²) in [6.45, 7) is 0. The number of nitrogens with zero attached hydrogens (tertiary/aromatic N) is 2. The van der Waals surface area contributed by atoms with Gasteiger partial charge >= 0.3 is 0 Å². The third-order valence-electron chi connectivity index (χ3n) is 3.06. The number of nitriles is 1. The summed E-state index contributed by atoms with van der Waals surface area (Å²) in [6.07, 6.45) is 0. The van der Waals surface area contributed by atoms with Crippen LogP contribution in [0.3, 0.4) is 0 Å². The fraction of sp³-hybridized carbons (Fsp3) is 0.0714. The highest BCUT2D eigenvalue weighted by atomic mass is 35.5. The monoisotopic (exact) mass is 318 g/mol. The topological polar surface area (TPSA) is 85.3 Å². The summed E-state index contributed by atoms with van der Waals surface area (Å²) in [5, 5.41) is 9.71. The first kappa shape index (κ1) is 13.7. The predicted octanol–water partition coefficient (Wildman–Crippen LogP) is 3.69. The molecule has 0 saturated heterocycles. The number of H-pyrrole nitrogens is 2. The van der Waals surface area contributed by atoms with E-state index in [1.807, 2.05) is 24.3 Å². The van der Waals surface area contributed by atoms with E-state index in [2.05, 4.69) is 15.0 Å². The summed E-state index contributed by atoms with van der Waals surface area (Å²) in [5.41, 5.74) is 1.64. The minimum atomic E-state index is -1.05. The van der Waals surface area contributed by atoms with Crippen molar-refractivity contribution < 1.29 is 4.79 Å². The summed E-state index contributed by atoms with van der Waals surface area (Å²) in [4.78, 5) is 22.3. The first-order valence-electron chi connectivity index (χ1n) is 6.02. The number of hydrogen-bond donors (Lipinski definition) is 2. The number of hydrogen-bond acceptors (Lipinski definition) is 3. The van der Waals surface area contributed by atoms with E-state index in [0.29, 0.717) is 11.3 Å². The highest BCUT2D eigenvalue weighted by Crippen LogP contribution is 2.26. The molecule has 1 unspecified atom stereocenters. The minimum Gasteiger partial charge on any atom is -0.342 e. The number of carbonyl (C=O) groups is 1. The molecule has 0 saturated carbocycles. The Morgan fingerprint density at radius 2 is 2.05 bits per heavy atom. The van der Waals surface area contributed by atoms with E-state index in [4.69, 9.17) is 23.2 Å². The van der Waals surface area contributed by atoms with Crippen LogP contribution in [0.15, 0.2) is 30.3 Å². The molecule has 21 heavy (non-hydrogen) atoms. The Hall–Kier alpha value is -2.29. The molecule has 0 fully saturated rings. The molecule has 0 aliphatic rings. The molecule has 2 aromatic heterocycles. The number of rotatable bonds is 3. The summed E-state index contributed by atoms with van der Waals surface area (Å²) < 4.78 is 0. The molecule has 104 valence electrons. The van der Waals surface area contributed by atoms with Crippen molar-refractivity contribution >= 4 is 40.0 Å². The van der Waals surface area contributed by atoms with Crippen LogP contribution in [0, 0.1) is 11.3 Å². The maximum absolute atomic E-state index is 12.4. The normalized spacial score (nSPS) is 12.2. The molecule has 0 spiro atoms. The third-order valence-corrected chi connectivity index (χ3v) is 3.76. The van der Waals surface area contributed by atoms with Crippen LogP contribution in [-0.4, -0.2) is 20.7 Å². The van der Waals surface area contributed by atoms with E-state index in [1.54, 1.807) is 6.07 Å². The Kier molecular flexibility index (Phi) is 3.42. The number of carbonyl (C=O) groups excluding carboxylic acids is 1. The highest BCUT2D eigenvalue weighted by molar-refractivity contribution is 6.41. The van der Waals surface area contributed by atoms with E-state index in [1.165, 1.54) is 6.07 Å². The Morgan fingerprint density at radius 3 is 2.67 bits per heavy atom. The molecule has 0 radical (unpaired) electrons. The van der Waals surface area contributed by atoms with Gasteiger partial charge in [-0.1, -0.05) is 35.3 Å². The summed E-state index contributed by atoms with van der Waals surface area (Å²) in [5.74, 6) is -1.20. The van der Waals surface area contributed by atoms with E-state index in [-0.39, 0.29) is 15.9 Å². The Labute approximate surface area is 129 Å². The van der Waals surface area contributed by atoms with Crippen molar-refractivity contribution in [3.8, 4) is 6.07 Å². The van der Waals surface area contributed by atoms with Gasteiger partial charge in [0.15, 0.2) is 5.92 Å². The second kappa shape index (κ2) is 5.24. The number of imidazole rings is 1. The molecule has 2 N–H and O–H groups in total. The Bertz CT molecular complexity index is 822. The fourth-order valence-electron chi connectivity index (χ4n) is 2.05. The van der Waals surface area contributed by atoms with Gasteiger partial charge < -0.3 is 9.97 Å². The Morgan fingerprint density at radius 1 is 1.29 bits per heavy atom. The van der Waals surface area contributed by atoms with E-state index in [0.717, 1.165) is 5.52 Å². The number of ketones is 1. The largest absolute Gasteiger partial charge is 0.342 e. The minimum absolute atomic E-state index is 0.168. The number of halogens is 2. The molecule has 2 heterocycles.